The van der Waals surface area contributed by atoms with Gasteiger partial charge in [0.1, 0.15) is 12.3 Å². The number of unbranched alkanes of at least 4 members (excludes halogenated alkanes) is 4. The van der Waals surface area contributed by atoms with Gasteiger partial charge < -0.3 is 19.6 Å². The molecule has 0 aromatic heterocycles. The number of carbonyl (C=O) groups excluding carboxylic acids is 2. The molecule has 0 radical (unpaired) electrons. The van der Waals surface area contributed by atoms with E-state index in [0.29, 0.717) is 38.6 Å². The van der Waals surface area contributed by atoms with E-state index in [1.165, 1.54) is 44.9 Å². The molecule has 0 spiro atoms. The Morgan fingerprint density at radius 3 is 2.73 bits per heavy atom. The first-order valence-electron chi connectivity index (χ1n) is 14.4. The van der Waals surface area contributed by atoms with Gasteiger partial charge in [-0.25, -0.2) is 4.99 Å². The summed E-state index contributed by atoms with van der Waals surface area (Å²) in [5.74, 6) is 2.50. The fourth-order valence-corrected chi connectivity index (χ4v) is 5.74. The van der Waals surface area contributed by atoms with E-state index >= 15 is 0 Å². The molecule has 2 fully saturated rings. The third-order valence-corrected chi connectivity index (χ3v) is 7.85. The van der Waals surface area contributed by atoms with Gasteiger partial charge in [-0.05, 0) is 37.3 Å². The highest BCUT2D eigenvalue weighted by Crippen LogP contribution is 2.34. The van der Waals surface area contributed by atoms with Crippen LogP contribution in [0.2, 0.25) is 0 Å². The van der Waals surface area contributed by atoms with E-state index in [-0.39, 0.29) is 18.4 Å². The molecule has 1 saturated heterocycles. The van der Waals surface area contributed by atoms with Gasteiger partial charge in [0.2, 0.25) is 17.8 Å². The summed E-state index contributed by atoms with van der Waals surface area (Å²) < 4.78 is 6.07. The maximum atomic E-state index is 12.7. The Balaban J connectivity index is 1.09. The van der Waals surface area contributed by atoms with E-state index in [1.807, 2.05) is 28.0 Å². The van der Waals surface area contributed by atoms with Crippen molar-refractivity contribution in [1.82, 2.24) is 15.1 Å². The molecule has 37 heavy (non-hydrogen) atoms. The number of aliphatic hydroxyl groups excluding tert-OH is 1. The van der Waals surface area contributed by atoms with E-state index in [0.717, 1.165) is 61.6 Å². The fraction of sp³-hybridized carbons (Fsp3) is 0.690. The normalized spacial score (nSPS) is 17.2. The van der Waals surface area contributed by atoms with E-state index in [1.54, 1.807) is 0 Å². The second kappa shape index (κ2) is 14.4. The smallest absolute Gasteiger partial charge is 0.246 e. The zero-order valence-electron chi connectivity index (χ0n) is 22.3. The van der Waals surface area contributed by atoms with Crippen molar-refractivity contribution in [3.63, 3.8) is 0 Å². The summed E-state index contributed by atoms with van der Waals surface area (Å²) in [7, 11) is 0. The number of guanidine groups is 1. The molecule has 4 rings (SSSR count). The minimum absolute atomic E-state index is 0.0263. The number of fused-ring (bicyclic) bond motifs is 2. The standard InChI is InChI=1S/C29H44N4O4/c34-19-18-32(17-8-7-13-23-11-4-3-5-12-23)28(36)16-6-1-2-9-20-37-26-15-10-14-25-24(26)21-33-22-27(35)31-29(33)30-25/h10,14-15,23,34H,1-9,11-13,16-22H2,(H,30,31,35). The summed E-state index contributed by atoms with van der Waals surface area (Å²) >= 11 is 0. The summed E-state index contributed by atoms with van der Waals surface area (Å²) in [6.07, 6.45) is 14.8. The molecule has 8 nitrogen and oxygen atoms in total. The highest BCUT2D eigenvalue weighted by atomic mass is 16.5. The first-order chi connectivity index (χ1) is 18.1. The molecular weight excluding hydrogens is 468 g/mol. The van der Waals surface area contributed by atoms with Gasteiger partial charge in [0.25, 0.3) is 0 Å². The van der Waals surface area contributed by atoms with Crippen molar-refractivity contribution in [2.45, 2.75) is 90.0 Å². The van der Waals surface area contributed by atoms with Crippen molar-refractivity contribution in [2.24, 2.45) is 10.9 Å². The summed E-state index contributed by atoms with van der Waals surface area (Å²) in [6, 6.07) is 5.85. The zero-order chi connectivity index (χ0) is 25.9. The van der Waals surface area contributed by atoms with Crippen LogP contribution in [0.1, 0.15) is 89.0 Å². The summed E-state index contributed by atoms with van der Waals surface area (Å²) in [5, 5.41) is 12.2. The van der Waals surface area contributed by atoms with E-state index < -0.39 is 0 Å². The molecule has 204 valence electrons. The predicted molar refractivity (Wildman–Crippen MR) is 145 cm³/mol. The van der Waals surface area contributed by atoms with E-state index in [2.05, 4.69) is 10.3 Å². The van der Waals surface area contributed by atoms with Gasteiger partial charge in [-0.2, -0.15) is 0 Å². The van der Waals surface area contributed by atoms with Crippen LogP contribution in [0.4, 0.5) is 5.69 Å². The van der Waals surface area contributed by atoms with Crippen LogP contribution in [0.3, 0.4) is 0 Å². The second-order valence-electron chi connectivity index (χ2n) is 10.7. The van der Waals surface area contributed by atoms with Crippen LogP contribution in [0.15, 0.2) is 23.2 Å². The van der Waals surface area contributed by atoms with Crippen LogP contribution in [0.5, 0.6) is 5.75 Å². The number of aliphatic hydroxyl groups is 1. The first kappa shape index (κ1) is 27.4. The zero-order valence-corrected chi connectivity index (χ0v) is 22.3. The maximum Gasteiger partial charge on any atom is 0.246 e. The first-order valence-corrected chi connectivity index (χ1v) is 14.4. The second-order valence-corrected chi connectivity index (χ2v) is 10.7. The number of nitrogens with one attached hydrogen (secondary N) is 1. The number of amides is 2. The molecule has 2 N–H and O–H groups in total. The molecule has 1 aliphatic carbocycles. The quantitative estimate of drug-likeness (QED) is 0.337. The average molecular weight is 513 g/mol. The molecule has 3 aliphatic rings. The van der Waals surface area contributed by atoms with Crippen molar-refractivity contribution in [1.29, 1.82) is 0 Å². The minimum Gasteiger partial charge on any atom is -0.493 e. The Morgan fingerprint density at radius 1 is 1.05 bits per heavy atom. The Labute approximate surface area is 221 Å². The van der Waals surface area contributed by atoms with Gasteiger partial charge >= 0.3 is 0 Å². The number of aliphatic imine (C=N–C) groups is 1. The maximum absolute atomic E-state index is 12.7. The molecule has 1 aromatic rings. The van der Waals surface area contributed by atoms with Crippen molar-refractivity contribution in [3.05, 3.63) is 23.8 Å². The van der Waals surface area contributed by atoms with Gasteiger partial charge in [-0.3, -0.25) is 14.9 Å². The monoisotopic (exact) mass is 512 g/mol. The highest BCUT2D eigenvalue weighted by Gasteiger charge is 2.30. The molecule has 2 heterocycles. The van der Waals surface area contributed by atoms with Gasteiger partial charge in [0.05, 0.1) is 25.4 Å². The summed E-state index contributed by atoms with van der Waals surface area (Å²) in [6.45, 7) is 2.83. The Kier molecular flexibility index (Phi) is 10.6. The van der Waals surface area contributed by atoms with Crippen molar-refractivity contribution in [2.75, 3.05) is 32.8 Å². The lowest BCUT2D eigenvalue weighted by atomic mass is 9.86. The Morgan fingerprint density at radius 2 is 1.89 bits per heavy atom. The van der Waals surface area contributed by atoms with Gasteiger partial charge in [-0.1, -0.05) is 63.9 Å². The van der Waals surface area contributed by atoms with Crippen LogP contribution < -0.4 is 10.1 Å². The lowest BCUT2D eigenvalue weighted by Crippen LogP contribution is -2.34. The fourth-order valence-electron chi connectivity index (χ4n) is 5.74. The highest BCUT2D eigenvalue weighted by molar-refractivity contribution is 6.05. The van der Waals surface area contributed by atoms with E-state index in [9.17, 15) is 14.7 Å². The topological polar surface area (TPSA) is 94.5 Å². The Bertz CT molecular complexity index is 928. The number of benzene rings is 1. The molecule has 0 bridgehead atoms. The molecule has 2 aliphatic heterocycles. The molecule has 8 heteroatoms. The predicted octanol–water partition coefficient (Wildman–Crippen LogP) is 4.52. The number of nitrogens with zero attached hydrogens (tertiary/aromatic N) is 3. The van der Waals surface area contributed by atoms with Crippen LogP contribution in [-0.2, 0) is 16.1 Å². The van der Waals surface area contributed by atoms with Crippen molar-refractivity contribution in [3.8, 4) is 5.75 Å². The number of carbonyl (C=O) groups is 2. The average Bonchev–Trinajstić information content (AvgIpc) is 3.28. The Hall–Kier alpha value is -2.61. The van der Waals surface area contributed by atoms with Gasteiger partial charge in [0, 0.05) is 25.1 Å². The SMILES string of the molecule is O=C1CN2Cc3c(cccc3OCCCCCCC(=O)N(CCO)CCCCC3CCCCC3)N=C2N1. The van der Waals surface area contributed by atoms with Gasteiger partial charge in [0.15, 0.2) is 0 Å². The van der Waals surface area contributed by atoms with Crippen LogP contribution in [0.25, 0.3) is 0 Å². The molecular formula is C29H44N4O4. The molecule has 0 atom stereocenters. The van der Waals surface area contributed by atoms with Crippen molar-refractivity contribution >= 4 is 23.5 Å². The van der Waals surface area contributed by atoms with Crippen LogP contribution >= 0.6 is 0 Å². The molecule has 1 saturated carbocycles. The lowest BCUT2D eigenvalue weighted by Gasteiger charge is -2.24. The number of ether oxygens (including phenoxy) is 1. The number of hydrogen-bond acceptors (Lipinski definition) is 6. The van der Waals surface area contributed by atoms with Crippen LogP contribution in [0, 0.1) is 5.92 Å². The molecule has 1 aromatic carbocycles. The third-order valence-electron chi connectivity index (χ3n) is 7.85. The number of rotatable bonds is 15. The summed E-state index contributed by atoms with van der Waals surface area (Å²) in [5.41, 5.74) is 1.88. The molecule has 2 amide bonds. The largest absolute Gasteiger partial charge is 0.493 e. The van der Waals surface area contributed by atoms with Gasteiger partial charge in [-0.15, -0.1) is 0 Å². The lowest BCUT2D eigenvalue weighted by molar-refractivity contribution is -0.132. The summed E-state index contributed by atoms with van der Waals surface area (Å²) in [4.78, 5) is 32.7. The number of hydrogen-bond donors (Lipinski definition) is 2. The van der Waals surface area contributed by atoms with Crippen molar-refractivity contribution < 1.29 is 19.4 Å². The minimum atomic E-state index is -0.0263. The van der Waals surface area contributed by atoms with Crippen LogP contribution in [-0.4, -0.2) is 65.5 Å². The molecule has 0 unspecified atom stereocenters. The van der Waals surface area contributed by atoms with E-state index in [4.69, 9.17) is 4.74 Å². The third kappa shape index (κ3) is 8.19.